The maximum atomic E-state index is 5.48. The maximum absolute atomic E-state index is 5.48. The number of thiazole rings is 1. The van der Waals surface area contributed by atoms with Gasteiger partial charge in [-0.3, -0.25) is 0 Å². The van der Waals surface area contributed by atoms with Crippen LogP contribution in [0.4, 0.5) is 0 Å². The molecule has 0 atom stereocenters. The Bertz CT molecular complexity index is 464. The van der Waals surface area contributed by atoms with E-state index in [4.69, 9.17) is 4.74 Å². The standard InChI is InChI=1S/C10H13N3O2S/c1-6(2)14-4-9-11-8(5-16-9)10-7(3)12-15-13-10/h5-6H,4H2,1-3H3. The average molecular weight is 239 g/mol. The maximum Gasteiger partial charge on any atom is 0.157 e. The highest BCUT2D eigenvalue weighted by molar-refractivity contribution is 7.09. The van der Waals surface area contributed by atoms with Crippen LogP contribution in [-0.2, 0) is 11.3 Å². The fourth-order valence-corrected chi connectivity index (χ4v) is 1.89. The molecule has 0 aliphatic rings. The molecule has 6 heteroatoms. The smallest absolute Gasteiger partial charge is 0.157 e. The first-order chi connectivity index (χ1) is 7.66. The first kappa shape index (κ1) is 11.2. The lowest BCUT2D eigenvalue weighted by Gasteiger charge is -2.03. The van der Waals surface area contributed by atoms with E-state index < -0.39 is 0 Å². The topological polar surface area (TPSA) is 61.0 Å². The third-order valence-corrected chi connectivity index (χ3v) is 2.81. The summed E-state index contributed by atoms with van der Waals surface area (Å²) in [5, 5.41) is 10.4. The van der Waals surface area contributed by atoms with E-state index in [1.165, 1.54) is 0 Å². The fourth-order valence-electron chi connectivity index (χ4n) is 1.19. The summed E-state index contributed by atoms with van der Waals surface area (Å²) in [6.07, 6.45) is 0.211. The van der Waals surface area contributed by atoms with E-state index in [9.17, 15) is 0 Å². The van der Waals surface area contributed by atoms with Gasteiger partial charge in [0, 0.05) is 5.38 Å². The lowest BCUT2D eigenvalue weighted by Crippen LogP contribution is -2.01. The van der Waals surface area contributed by atoms with Crippen molar-refractivity contribution in [3.63, 3.8) is 0 Å². The third-order valence-electron chi connectivity index (χ3n) is 1.99. The number of aromatic nitrogens is 3. The normalized spacial score (nSPS) is 11.2. The summed E-state index contributed by atoms with van der Waals surface area (Å²) in [5.41, 5.74) is 2.25. The number of ether oxygens (including phenoxy) is 1. The molecule has 0 fully saturated rings. The highest BCUT2D eigenvalue weighted by Gasteiger charge is 2.12. The minimum absolute atomic E-state index is 0.211. The minimum Gasteiger partial charge on any atom is -0.372 e. The second-order valence-corrected chi connectivity index (χ2v) is 4.63. The van der Waals surface area contributed by atoms with Gasteiger partial charge in [-0.05, 0) is 25.9 Å². The number of hydrogen-bond donors (Lipinski definition) is 0. The van der Waals surface area contributed by atoms with Gasteiger partial charge in [0.25, 0.3) is 0 Å². The predicted octanol–water partition coefficient (Wildman–Crippen LogP) is 2.43. The van der Waals surface area contributed by atoms with Crippen LogP contribution in [0.3, 0.4) is 0 Å². The van der Waals surface area contributed by atoms with E-state index in [-0.39, 0.29) is 6.10 Å². The summed E-state index contributed by atoms with van der Waals surface area (Å²) >= 11 is 1.55. The Hall–Kier alpha value is -1.27. The molecule has 0 amide bonds. The highest BCUT2D eigenvalue weighted by atomic mass is 32.1. The molecule has 0 saturated heterocycles. The zero-order valence-corrected chi connectivity index (χ0v) is 10.2. The van der Waals surface area contributed by atoms with Crippen molar-refractivity contribution in [2.24, 2.45) is 0 Å². The molecule has 0 spiro atoms. The molecule has 0 unspecified atom stereocenters. The summed E-state index contributed by atoms with van der Waals surface area (Å²) in [6, 6.07) is 0. The average Bonchev–Trinajstić information content (AvgIpc) is 2.83. The molecule has 0 bridgehead atoms. The number of nitrogens with zero attached hydrogens (tertiary/aromatic N) is 3. The van der Waals surface area contributed by atoms with Crippen LogP contribution >= 0.6 is 11.3 Å². The minimum atomic E-state index is 0.211. The van der Waals surface area contributed by atoms with Crippen LogP contribution in [0.5, 0.6) is 0 Å². The van der Waals surface area contributed by atoms with Gasteiger partial charge < -0.3 is 4.74 Å². The lowest BCUT2D eigenvalue weighted by molar-refractivity contribution is 0.0656. The molecule has 0 aromatic carbocycles. The Morgan fingerprint density at radius 1 is 1.44 bits per heavy atom. The molecular formula is C10H13N3O2S. The van der Waals surface area contributed by atoms with Crippen molar-refractivity contribution in [3.8, 4) is 11.4 Å². The summed E-state index contributed by atoms with van der Waals surface area (Å²) in [4.78, 5) is 4.42. The van der Waals surface area contributed by atoms with Gasteiger partial charge in [0.05, 0.1) is 12.7 Å². The van der Waals surface area contributed by atoms with Crippen LogP contribution in [0.15, 0.2) is 10.0 Å². The molecule has 0 N–H and O–H groups in total. The predicted molar refractivity (Wildman–Crippen MR) is 60.1 cm³/mol. The quantitative estimate of drug-likeness (QED) is 0.820. The molecular weight excluding hydrogens is 226 g/mol. The third kappa shape index (κ3) is 2.45. The van der Waals surface area contributed by atoms with Crippen molar-refractivity contribution in [1.82, 2.24) is 15.3 Å². The monoisotopic (exact) mass is 239 g/mol. The van der Waals surface area contributed by atoms with Gasteiger partial charge in [0.2, 0.25) is 0 Å². The lowest BCUT2D eigenvalue weighted by atomic mass is 10.3. The van der Waals surface area contributed by atoms with Gasteiger partial charge >= 0.3 is 0 Å². The van der Waals surface area contributed by atoms with Crippen LogP contribution in [-0.4, -0.2) is 21.4 Å². The molecule has 0 aliphatic heterocycles. The van der Waals surface area contributed by atoms with E-state index in [1.807, 2.05) is 26.2 Å². The largest absolute Gasteiger partial charge is 0.372 e. The van der Waals surface area contributed by atoms with Crippen LogP contribution in [0.1, 0.15) is 24.5 Å². The van der Waals surface area contributed by atoms with Gasteiger partial charge in [-0.2, -0.15) is 0 Å². The Morgan fingerprint density at radius 2 is 2.25 bits per heavy atom. The summed E-state index contributed by atoms with van der Waals surface area (Å²) in [6.45, 7) is 6.38. The molecule has 2 rings (SSSR count). The molecule has 16 heavy (non-hydrogen) atoms. The molecule has 2 aromatic heterocycles. The Balaban J connectivity index is 2.11. The number of hydrogen-bond acceptors (Lipinski definition) is 6. The highest BCUT2D eigenvalue weighted by Crippen LogP contribution is 2.22. The Kier molecular flexibility index (Phi) is 3.31. The molecule has 2 heterocycles. The van der Waals surface area contributed by atoms with Gasteiger partial charge in [0.1, 0.15) is 16.4 Å². The number of aryl methyl sites for hydroxylation is 1. The summed E-state index contributed by atoms with van der Waals surface area (Å²) < 4.78 is 10.1. The van der Waals surface area contributed by atoms with E-state index in [0.717, 1.165) is 16.4 Å². The van der Waals surface area contributed by atoms with Crippen molar-refractivity contribution >= 4 is 11.3 Å². The summed E-state index contributed by atoms with van der Waals surface area (Å²) in [5.74, 6) is 0. The molecule has 86 valence electrons. The SMILES string of the molecule is Cc1nonc1-c1csc(COC(C)C)n1. The number of rotatable bonds is 4. The molecule has 0 saturated carbocycles. The second-order valence-electron chi connectivity index (χ2n) is 3.68. The van der Waals surface area contributed by atoms with Crippen molar-refractivity contribution in [1.29, 1.82) is 0 Å². The van der Waals surface area contributed by atoms with E-state index >= 15 is 0 Å². The van der Waals surface area contributed by atoms with E-state index in [2.05, 4.69) is 19.9 Å². The fraction of sp³-hybridized carbons (Fsp3) is 0.500. The van der Waals surface area contributed by atoms with Gasteiger partial charge in [-0.25, -0.2) is 9.61 Å². The van der Waals surface area contributed by atoms with Crippen molar-refractivity contribution in [3.05, 3.63) is 16.1 Å². The van der Waals surface area contributed by atoms with E-state index in [1.54, 1.807) is 11.3 Å². The van der Waals surface area contributed by atoms with Crippen molar-refractivity contribution in [2.75, 3.05) is 0 Å². The van der Waals surface area contributed by atoms with Crippen LogP contribution < -0.4 is 0 Å². The van der Waals surface area contributed by atoms with Crippen LogP contribution in [0.25, 0.3) is 11.4 Å². The van der Waals surface area contributed by atoms with Gasteiger partial charge in [-0.15, -0.1) is 11.3 Å². The van der Waals surface area contributed by atoms with Crippen LogP contribution in [0, 0.1) is 6.92 Å². The first-order valence-corrected chi connectivity index (χ1v) is 5.90. The molecule has 0 radical (unpaired) electrons. The first-order valence-electron chi connectivity index (χ1n) is 5.02. The Morgan fingerprint density at radius 3 is 2.88 bits per heavy atom. The van der Waals surface area contributed by atoms with Crippen molar-refractivity contribution in [2.45, 2.75) is 33.5 Å². The molecule has 5 nitrogen and oxygen atoms in total. The Labute approximate surface area is 97.4 Å². The molecule has 0 aliphatic carbocycles. The summed E-state index contributed by atoms with van der Waals surface area (Å²) in [7, 11) is 0. The van der Waals surface area contributed by atoms with Gasteiger partial charge in [0.15, 0.2) is 5.69 Å². The zero-order valence-electron chi connectivity index (χ0n) is 9.43. The molecule has 2 aromatic rings. The second kappa shape index (κ2) is 4.71. The van der Waals surface area contributed by atoms with E-state index in [0.29, 0.717) is 12.3 Å². The zero-order chi connectivity index (χ0) is 11.5. The van der Waals surface area contributed by atoms with Crippen molar-refractivity contribution < 1.29 is 9.37 Å². The van der Waals surface area contributed by atoms with Gasteiger partial charge in [-0.1, -0.05) is 5.16 Å². The van der Waals surface area contributed by atoms with Crippen LogP contribution in [0.2, 0.25) is 0 Å².